The van der Waals surface area contributed by atoms with E-state index in [0.29, 0.717) is 28.3 Å². The molecule has 0 atom stereocenters. The van der Waals surface area contributed by atoms with E-state index in [2.05, 4.69) is 27.4 Å². The number of aromatic hydroxyl groups is 1. The summed E-state index contributed by atoms with van der Waals surface area (Å²) in [4.78, 5) is 0. The molecule has 2 heterocycles. The van der Waals surface area contributed by atoms with Crippen LogP contribution in [0.5, 0.6) is 5.75 Å². The van der Waals surface area contributed by atoms with Gasteiger partial charge in [-0.3, -0.25) is 9.67 Å². The largest absolute Gasteiger partial charge is 0.508 e. The van der Waals surface area contributed by atoms with E-state index in [-0.39, 0.29) is 5.75 Å². The lowest BCUT2D eigenvalue weighted by atomic mass is 10.0. The van der Waals surface area contributed by atoms with Crippen molar-refractivity contribution in [1.29, 1.82) is 0 Å². The summed E-state index contributed by atoms with van der Waals surface area (Å²) in [6.07, 6.45) is 0.681. The van der Waals surface area contributed by atoms with E-state index in [0.717, 1.165) is 28.4 Å². The number of phenols is 1. The van der Waals surface area contributed by atoms with Gasteiger partial charge in [-0.25, -0.2) is 0 Å². The Bertz CT molecular complexity index is 1100. The van der Waals surface area contributed by atoms with Gasteiger partial charge in [-0.1, -0.05) is 13.5 Å². The van der Waals surface area contributed by atoms with E-state index < -0.39 is 0 Å². The van der Waals surface area contributed by atoms with Gasteiger partial charge in [0.15, 0.2) is 10.6 Å². The molecule has 8 heteroatoms. The minimum absolute atomic E-state index is 0.181. The van der Waals surface area contributed by atoms with E-state index in [1.165, 1.54) is 0 Å². The zero-order valence-electron chi connectivity index (χ0n) is 14.1. The van der Waals surface area contributed by atoms with Gasteiger partial charge in [-0.15, -0.1) is 0 Å². The number of fused-ring (bicyclic) bond motifs is 1. The molecule has 0 saturated carbocycles. The quantitative estimate of drug-likeness (QED) is 0.357. The Labute approximate surface area is 155 Å². The molecule has 0 amide bonds. The standard InChI is InChI=1S/C18H18N6OS/c1-3-10-6-12(13(19)8-16(10)25)17-22-23-18(26)24(17)11-4-5-14-15(7-11)21-9(2)20-14/h4-8,20-21,25H,2-3,19H2,1H3,(H,23,26). The maximum absolute atomic E-state index is 10.0. The van der Waals surface area contributed by atoms with Crippen LogP contribution in [0.1, 0.15) is 12.5 Å². The van der Waals surface area contributed by atoms with E-state index >= 15 is 0 Å². The number of hydrogen-bond donors (Lipinski definition) is 5. The van der Waals surface area contributed by atoms with Gasteiger partial charge in [0.05, 0.1) is 17.1 Å². The van der Waals surface area contributed by atoms with Gasteiger partial charge < -0.3 is 21.5 Å². The molecule has 0 spiro atoms. The molecule has 3 aromatic rings. The lowest BCUT2D eigenvalue weighted by Crippen LogP contribution is -2.01. The average molecular weight is 366 g/mol. The summed E-state index contributed by atoms with van der Waals surface area (Å²) in [6, 6.07) is 9.26. The predicted octanol–water partition coefficient (Wildman–Crippen LogP) is 3.76. The second-order valence-corrected chi connectivity index (χ2v) is 6.45. The molecular weight excluding hydrogens is 348 g/mol. The topological polar surface area (TPSA) is 104 Å². The van der Waals surface area contributed by atoms with Crippen LogP contribution in [0.3, 0.4) is 0 Å². The smallest absolute Gasteiger partial charge is 0.200 e. The first-order chi connectivity index (χ1) is 12.5. The van der Waals surface area contributed by atoms with Gasteiger partial charge in [-0.2, -0.15) is 5.10 Å². The third-order valence-electron chi connectivity index (χ3n) is 4.38. The second kappa shape index (κ2) is 5.92. The Morgan fingerprint density at radius 3 is 2.77 bits per heavy atom. The van der Waals surface area contributed by atoms with Gasteiger partial charge in [0, 0.05) is 17.3 Å². The molecule has 7 nitrogen and oxygen atoms in total. The number of phenolic OH excluding ortho intramolecular Hbond substituents is 1. The predicted molar refractivity (Wildman–Crippen MR) is 106 cm³/mol. The third-order valence-corrected chi connectivity index (χ3v) is 4.65. The molecule has 1 aromatic heterocycles. The number of aryl methyl sites for hydroxylation is 1. The number of benzene rings is 2. The van der Waals surface area contributed by atoms with Crippen molar-refractivity contribution in [2.24, 2.45) is 0 Å². The molecule has 1 aliphatic rings. The van der Waals surface area contributed by atoms with Crippen molar-refractivity contribution in [3.8, 4) is 22.8 Å². The van der Waals surface area contributed by atoms with Crippen LogP contribution in [0.4, 0.5) is 17.1 Å². The molecule has 0 aliphatic carbocycles. The molecule has 26 heavy (non-hydrogen) atoms. The summed E-state index contributed by atoms with van der Waals surface area (Å²) in [7, 11) is 0. The summed E-state index contributed by atoms with van der Waals surface area (Å²) in [5.74, 6) is 1.50. The fourth-order valence-corrected chi connectivity index (χ4v) is 3.32. The summed E-state index contributed by atoms with van der Waals surface area (Å²) in [6.45, 7) is 5.85. The van der Waals surface area contributed by atoms with Gasteiger partial charge >= 0.3 is 0 Å². The molecule has 132 valence electrons. The first-order valence-corrected chi connectivity index (χ1v) is 8.55. The summed E-state index contributed by atoms with van der Waals surface area (Å²) in [5, 5.41) is 23.6. The van der Waals surface area contributed by atoms with E-state index in [4.69, 9.17) is 18.0 Å². The zero-order chi connectivity index (χ0) is 18.4. The normalized spacial score (nSPS) is 12.6. The van der Waals surface area contributed by atoms with Crippen LogP contribution >= 0.6 is 12.2 Å². The number of H-pyrrole nitrogens is 1. The number of nitrogens with one attached hydrogen (secondary N) is 3. The molecule has 0 bridgehead atoms. The molecule has 0 saturated heterocycles. The highest BCUT2D eigenvalue weighted by atomic mass is 32.1. The molecule has 1 aliphatic heterocycles. The highest BCUT2D eigenvalue weighted by molar-refractivity contribution is 7.71. The minimum Gasteiger partial charge on any atom is -0.508 e. The van der Waals surface area contributed by atoms with Crippen LogP contribution in [-0.4, -0.2) is 19.9 Å². The second-order valence-electron chi connectivity index (χ2n) is 6.07. The summed E-state index contributed by atoms with van der Waals surface area (Å²) >= 11 is 5.44. The van der Waals surface area contributed by atoms with Gasteiger partial charge in [-0.05, 0) is 48.5 Å². The first kappa shape index (κ1) is 16.2. The van der Waals surface area contributed by atoms with Crippen molar-refractivity contribution >= 4 is 29.3 Å². The van der Waals surface area contributed by atoms with Crippen LogP contribution in [0.25, 0.3) is 17.1 Å². The number of nitrogens with two attached hydrogens (primary N) is 1. The van der Waals surface area contributed by atoms with Crippen molar-refractivity contribution in [2.75, 3.05) is 16.4 Å². The lowest BCUT2D eigenvalue weighted by molar-refractivity contribution is 0.469. The molecule has 4 rings (SSSR count). The number of nitrogens with zero attached hydrogens (tertiary/aromatic N) is 2. The summed E-state index contributed by atoms with van der Waals surface area (Å²) in [5.41, 5.74) is 10.8. The number of nitrogen functional groups attached to an aromatic ring is 1. The maximum atomic E-state index is 10.0. The number of aromatic amines is 1. The van der Waals surface area contributed by atoms with Crippen LogP contribution < -0.4 is 16.4 Å². The Hall–Kier alpha value is -3.26. The Morgan fingerprint density at radius 2 is 2.00 bits per heavy atom. The monoisotopic (exact) mass is 366 g/mol. The highest BCUT2D eigenvalue weighted by Gasteiger charge is 2.18. The Morgan fingerprint density at radius 1 is 1.23 bits per heavy atom. The fraction of sp³-hybridized carbons (Fsp3) is 0.111. The van der Waals surface area contributed by atoms with E-state index in [1.54, 1.807) is 6.07 Å². The van der Waals surface area contributed by atoms with Gasteiger partial charge in [0.25, 0.3) is 0 Å². The number of hydrogen-bond acceptors (Lipinski definition) is 6. The fourth-order valence-electron chi connectivity index (χ4n) is 3.08. The van der Waals surface area contributed by atoms with Crippen molar-refractivity contribution in [1.82, 2.24) is 14.8 Å². The van der Waals surface area contributed by atoms with Gasteiger partial charge in [0.2, 0.25) is 0 Å². The summed E-state index contributed by atoms with van der Waals surface area (Å²) < 4.78 is 2.27. The minimum atomic E-state index is 0.181. The first-order valence-electron chi connectivity index (χ1n) is 8.14. The third kappa shape index (κ3) is 2.51. The van der Waals surface area contributed by atoms with Crippen LogP contribution in [0, 0.1) is 4.77 Å². The SMILES string of the molecule is C=C1Nc2ccc(-n3c(-c4cc(CC)c(O)cc4N)n[nH]c3=S)cc2N1. The molecule has 0 radical (unpaired) electrons. The Kier molecular flexibility index (Phi) is 3.69. The average Bonchev–Trinajstić information content (AvgIpc) is 3.16. The van der Waals surface area contributed by atoms with Crippen molar-refractivity contribution in [3.05, 3.63) is 53.1 Å². The lowest BCUT2D eigenvalue weighted by Gasteiger charge is -2.12. The zero-order valence-corrected chi connectivity index (χ0v) is 14.9. The molecule has 6 N–H and O–H groups in total. The number of anilines is 3. The molecule has 0 unspecified atom stereocenters. The van der Waals surface area contributed by atoms with Crippen LogP contribution in [0.2, 0.25) is 0 Å². The van der Waals surface area contributed by atoms with E-state index in [9.17, 15) is 5.11 Å². The number of aromatic nitrogens is 3. The molecule has 2 aromatic carbocycles. The van der Waals surface area contributed by atoms with Crippen LogP contribution in [0.15, 0.2) is 42.7 Å². The highest BCUT2D eigenvalue weighted by Crippen LogP contribution is 2.35. The van der Waals surface area contributed by atoms with Crippen molar-refractivity contribution < 1.29 is 5.11 Å². The Balaban J connectivity index is 1.89. The van der Waals surface area contributed by atoms with Crippen LogP contribution in [-0.2, 0) is 6.42 Å². The molecular formula is C18H18N6OS. The molecule has 0 fully saturated rings. The van der Waals surface area contributed by atoms with Crippen molar-refractivity contribution in [3.63, 3.8) is 0 Å². The number of rotatable bonds is 3. The maximum Gasteiger partial charge on any atom is 0.200 e. The van der Waals surface area contributed by atoms with Crippen molar-refractivity contribution in [2.45, 2.75) is 13.3 Å². The van der Waals surface area contributed by atoms with E-state index in [1.807, 2.05) is 35.8 Å². The van der Waals surface area contributed by atoms with Gasteiger partial charge in [0.1, 0.15) is 11.6 Å².